The molecule has 1 atom stereocenters. The molecule has 0 fully saturated rings. The maximum Gasteiger partial charge on any atom is 0.120 e. The van der Waals surface area contributed by atoms with E-state index in [0.717, 1.165) is 18.7 Å². The second kappa shape index (κ2) is 8.34. The standard InChI is InChI=1S/C13H17ClN2S/c14-13(15)8-4-5-9-16-12(10-17)11-6-2-1-3-7-11/h1-4,6-8,12,15-17H,5,9-10H2/b8-4-,15-13?. The highest BCUT2D eigenvalue weighted by Gasteiger charge is 2.06. The number of halogens is 1. The zero-order chi connectivity index (χ0) is 12.5. The SMILES string of the molecule is N=C(Cl)/C=C\CCNC(CS)c1ccccc1. The maximum absolute atomic E-state index is 7.03. The van der Waals surface area contributed by atoms with E-state index in [1.54, 1.807) is 6.08 Å². The molecule has 2 nitrogen and oxygen atoms in total. The lowest BCUT2D eigenvalue weighted by Gasteiger charge is -2.16. The molecular formula is C13H17ClN2S. The minimum absolute atomic E-state index is 0.0683. The molecule has 0 saturated heterocycles. The van der Waals surface area contributed by atoms with Crippen molar-refractivity contribution in [2.24, 2.45) is 0 Å². The molecule has 0 spiro atoms. The molecule has 4 heteroatoms. The zero-order valence-electron chi connectivity index (χ0n) is 9.57. The number of nitrogens with one attached hydrogen (secondary N) is 2. The Morgan fingerprint density at radius 3 is 2.71 bits per heavy atom. The topological polar surface area (TPSA) is 35.9 Å². The summed E-state index contributed by atoms with van der Waals surface area (Å²) < 4.78 is 0. The second-order valence-corrected chi connectivity index (χ2v) is 4.41. The van der Waals surface area contributed by atoms with Gasteiger partial charge >= 0.3 is 0 Å². The van der Waals surface area contributed by atoms with E-state index in [1.165, 1.54) is 5.56 Å². The molecule has 0 saturated carbocycles. The molecule has 92 valence electrons. The van der Waals surface area contributed by atoms with Gasteiger partial charge in [-0.15, -0.1) is 0 Å². The fourth-order valence-corrected chi connectivity index (χ4v) is 1.93. The van der Waals surface area contributed by atoms with Crippen molar-refractivity contribution in [3.63, 3.8) is 0 Å². The number of hydrogen-bond donors (Lipinski definition) is 3. The van der Waals surface area contributed by atoms with Gasteiger partial charge in [-0.05, 0) is 24.6 Å². The van der Waals surface area contributed by atoms with Crippen LogP contribution >= 0.6 is 24.2 Å². The van der Waals surface area contributed by atoms with Crippen molar-refractivity contribution < 1.29 is 0 Å². The van der Waals surface area contributed by atoms with Gasteiger partial charge in [0.2, 0.25) is 0 Å². The first kappa shape index (κ1) is 14.3. The average Bonchev–Trinajstić information content (AvgIpc) is 2.34. The summed E-state index contributed by atoms with van der Waals surface area (Å²) in [5.74, 6) is 0.763. The van der Waals surface area contributed by atoms with Crippen molar-refractivity contribution in [1.29, 1.82) is 5.41 Å². The minimum atomic E-state index is 0.0683. The molecule has 1 aromatic carbocycles. The first-order valence-electron chi connectivity index (χ1n) is 5.54. The van der Waals surface area contributed by atoms with Crippen LogP contribution in [-0.2, 0) is 0 Å². The van der Waals surface area contributed by atoms with Crippen molar-refractivity contribution >= 4 is 29.4 Å². The Morgan fingerprint density at radius 1 is 1.41 bits per heavy atom. The van der Waals surface area contributed by atoms with Gasteiger partial charge in [-0.3, -0.25) is 5.41 Å². The van der Waals surface area contributed by atoms with Crippen LogP contribution in [0.25, 0.3) is 0 Å². The van der Waals surface area contributed by atoms with Gasteiger partial charge in [0.15, 0.2) is 0 Å². The van der Waals surface area contributed by atoms with E-state index in [9.17, 15) is 0 Å². The molecule has 0 aromatic heterocycles. The molecule has 0 amide bonds. The van der Waals surface area contributed by atoms with Crippen LogP contribution in [0.1, 0.15) is 18.0 Å². The molecule has 1 unspecified atom stereocenters. The summed E-state index contributed by atoms with van der Waals surface area (Å²) in [5, 5.41) is 10.5. The van der Waals surface area contributed by atoms with E-state index in [1.807, 2.05) is 24.3 Å². The monoisotopic (exact) mass is 268 g/mol. The summed E-state index contributed by atoms with van der Waals surface area (Å²) in [5.41, 5.74) is 1.25. The number of hydrogen-bond acceptors (Lipinski definition) is 3. The Morgan fingerprint density at radius 2 is 2.12 bits per heavy atom. The molecule has 1 rings (SSSR count). The van der Waals surface area contributed by atoms with Crippen molar-refractivity contribution in [2.45, 2.75) is 12.5 Å². The Bertz CT molecular complexity index is 365. The normalized spacial score (nSPS) is 12.8. The summed E-state index contributed by atoms with van der Waals surface area (Å²) in [6, 6.07) is 10.5. The van der Waals surface area contributed by atoms with Gasteiger partial charge in [0, 0.05) is 11.8 Å². The van der Waals surface area contributed by atoms with Crippen LogP contribution in [0.5, 0.6) is 0 Å². The third kappa shape index (κ3) is 5.91. The predicted molar refractivity (Wildman–Crippen MR) is 78.4 cm³/mol. The van der Waals surface area contributed by atoms with E-state index in [-0.39, 0.29) is 11.2 Å². The van der Waals surface area contributed by atoms with Crippen LogP contribution in [0.15, 0.2) is 42.5 Å². The number of rotatable bonds is 7. The van der Waals surface area contributed by atoms with Gasteiger partial charge in [-0.1, -0.05) is 48.0 Å². The highest BCUT2D eigenvalue weighted by Crippen LogP contribution is 2.13. The van der Waals surface area contributed by atoms with Crippen molar-refractivity contribution in [3.8, 4) is 0 Å². The quantitative estimate of drug-likeness (QED) is 0.396. The fourth-order valence-electron chi connectivity index (χ4n) is 1.50. The van der Waals surface area contributed by atoms with Crippen LogP contribution in [0.4, 0.5) is 0 Å². The summed E-state index contributed by atoms with van der Waals surface area (Å²) in [6.07, 6.45) is 4.34. The fraction of sp³-hybridized carbons (Fsp3) is 0.308. The van der Waals surface area contributed by atoms with Gasteiger partial charge in [-0.25, -0.2) is 0 Å². The van der Waals surface area contributed by atoms with Gasteiger partial charge in [0.05, 0.1) is 0 Å². The van der Waals surface area contributed by atoms with E-state index in [2.05, 4.69) is 30.1 Å². The summed E-state index contributed by atoms with van der Waals surface area (Å²) >= 11 is 9.76. The van der Waals surface area contributed by atoms with Crippen molar-refractivity contribution in [1.82, 2.24) is 5.32 Å². The number of benzene rings is 1. The summed E-state index contributed by atoms with van der Waals surface area (Å²) in [7, 11) is 0. The third-order valence-electron chi connectivity index (χ3n) is 2.35. The highest BCUT2D eigenvalue weighted by molar-refractivity contribution is 7.80. The molecule has 0 aliphatic heterocycles. The Balaban J connectivity index is 2.36. The zero-order valence-corrected chi connectivity index (χ0v) is 11.2. The van der Waals surface area contributed by atoms with Gasteiger partial charge in [0.25, 0.3) is 0 Å². The van der Waals surface area contributed by atoms with Crippen LogP contribution in [0, 0.1) is 5.41 Å². The molecule has 0 bridgehead atoms. The number of thiol groups is 1. The molecule has 0 radical (unpaired) electrons. The highest BCUT2D eigenvalue weighted by atomic mass is 35.5. The van der Waals surface area contributed by atoms with E-state index in [0.29, 0.717) is 0 Å². The largest absolute Gasteiger partial charge is 0.309 e. The molecule has 2 N–H and O–H groups in total. The first-order valence-corrected chi connectivity index (χ1v) is 6.55. The van der Waals surface area contributed by atoms with Gasteiger partial charge in [-0.2, -0.15) is 12.6 Å². The Kier molecular flexibility index (Phi) is 7.01. The minimum Gasteiger partial charge on any atom is -0.309 e. The maximum atomic E-state index is 7.03. The van der Waals surface area contributed by atoms with Crippen molar-refractivity contribution in [2.75, 3.05) is 12.3 Å². The Hall–Kier alpha value is -0.770. The molecule has 1 aromatic rings. The van der Waals surface area contributed by atoms with Crippen LogP contribution in [0.2, 0.25) is 0 Å². The smallest absolute Gasteiger partial charge is 0.120 e. The van der Waals surface area contributed by atoms with E-state index < -0.39 is 0 Å². The van der Waals surface area contributed by atoms with Gasteiger partial charge in [0.1, 0.15) is 5.17 Å². The van der Waals surface area contributed by atoms with Crippen LogP contribution in [0.3, 0.4) is 0 Å². The molecule has 17 heavy (non-hydrogen) atoms. The molecule has 0 heterocycles. The predicted octanol–water partition coefficient (Wildman–Crippen LogP) is 3.41. The number of allylic oxidation sites excluding steroid dienone is 1. The van der Waals surface area contributed by atoms with E-state index in [4.69, 9.17) is 17.0 Å². The summed E-state index contributed by atoms with van der Waals surface area (Å²) in [6.45, 7) is 0.848. The lowest BCUT2D eigenvalue weighted by atomic mass is 10.1. The Labute approximate surface area is 113 Å². The lowest BCUT2D eigenvalue weighted by Crippen LogP contribution is -2.23. The van der Waals surface area contributed by atoms with E-state index >= 15 is 0 Å². The van der Waals surface area contributed by atoms with Crippen LogP contribution < -0.4 is 5.32 Å². The lowest BCUT2D eigenvalue weighted by molar-refractivity contribution is 0.589. The van der Waals surface area contributed by atoms with Crippen molar-refractivity contribution in [3.05, 3.63) is 48.0 Å². The molecule has 0 aliphatic carbocycles. The second-order valence-electron chi connectivity index (χ2n) is 3.64. The van der Waals surface area contributed by atoms with Gasteiger partial charge < -0.3 is 5.32 Å². The van der Waals surface area contributed by atoms with Crippen LogP contribution in [-0.4, -0.2) is 17.5 Å². The first-order chi connectivity index (χ1) is 8.24. The third-order valence-corrected chi connectivity index (χ3v) is 2.84. The average molecular weight is 269 g/mol. The summed E-state index contributed by atoms with van der Waals surface area (Å²) in [4.78, 5) is 0. The molecule has 0 aliphatic rings. The molecular weight excluding hydrogens is 252 g/mol.